The molecule has 3 aromatic rings. The zero-order valence-electron chi connectivity index (χ0n) is 15.7. The van der Waals surface area contributed by atoms with Gasteiger partial charge in [-0.15, -0.1) is 0 Å². The van der Waals surface area contributed by atoms with Crippen LogP contribution in [0.15, 0.2) is 94.2 Å². The Morgan fingerprint density at radius 3 is 2.03 bits per heavy atom. The lowest BCUT2D eigenvalue weighted by molar-refractivity contribution is -0.114. The van der Waals surface area contributed by atoms with E-state index in [1.807, 2.05) is 54.6 Å². The SMILES string of the molecule is CC(=O)Nc1ccc(C(=O)N/N=C/c2ccc(N=Nc3ccccc3)cc2)cc1. The van der Waals surface area contributed by atoms with Gasteiger partial charge in [0, 0.05) is 18.2 Å². The number of carbonyl (C=O) groups excluding carboxylic acids is 2. The fourth-order valence-electron chi connectivity index (χ4n) is 2.38. The Morgan fingerprint density at radius 2 is 1.41 bits per heavy atom. The second-order valence-corrected chi connectivity index (χ2v) is 6.08. The van der Waals surface area contributed by atoms with E-state index < -0.39 is 0 Å². The Kier molecular flexibility index (Phi) is 6.57. The highest BCUT2D eigenvalue weighted by Crippen LogP contribution is 2.17. The van der Waals surface area contributed by atoms with Crippen molar-refractivity contribution in [2.45, 2.75) is 6.92 Å². The predicted molar refractivity (Wildman–Crippen MR) is 113 cm³/mol. The van der Waals surface area contributed by atoms with Gasteiger partial charge in [-0.1, -0.05) is 30.3 Å². The maximum absolute atomic E-state index is 12.1. The fraction of sp³-hybridized carbons (Fsp3) is 0.0455. The molecule has 7 nitrogen and oxygen atoms in total. The van der Waals surface area contributed by atoms with E-state index in [2.05, 4.69) is 26.1 Å². The van der Waals surface area contributed by atoms with Crippen LogP contribution in [0.1, 0.15) is 22.8 Å². The molecule has 29 heavy (non-hydrogen) atoms. The van der Waals surface area contributed by atoms with Gasteiger partial charge >= 0.3 is 0 Å². The number of benzene rings is 3. The second kappa shape index (κ2) is 9.70. The van der Waals surface area contributed by atoms with E-state index in [0.717, 1.165) is 11.3 Å². The number of nitrogens with zero attached hydrogens (tertiary/aromatic N) is 3. The van der Waals surface area contributed by atoms with E-state index in [1.165, 1.54) is 6.92 Å². The van der Waals surface area contributed by atoms with Crippen molar-refractivity contribution >= 4 is 35.1 Å². The number of amides is 2. The lowest BCUT2D eigenvalue weighted by Crippen LogP contribution is -2.17. The van der Waals surface area contributed by atoms with Crippen LogP contribution in [0.25, 0.3) is 0 Å². The molecule has 2 N–H and O–H groups in total. The van der Waals surface area contributed by atoms with Crippen LogP contribution in [0.2, 0.25) is 0 Å². The molecule has 0 spiro atoms. The summed E-state index contributed by atoms with van der Waals surface area (Å²) >= 11 is 0. The third-order valence-corrected chi connectivity index (χ3v) is 3.78. The number of azo groups is 1. The summed E-state index contributed by atoms with van der Waals surface area (Å²) in [4.78, 5) is 23.1. The van der Waals surface area contributed by atoms with E-state index in [9.17, 15) is 9.59 Å². The summed E-state index contributed by atoms with van der Waals surface area (Å²) in [5.74, 6) is -0.511. The standard InChI is InChI=1S/C22H19N5O2/c1-16(28)24-19-13-9-18(10-14-19)22(29)27-23-15-17-7-11-21(12-8-17)26-25-20-5-3-2-4-6-20/h2-15H,1H3,(H,24,28)(H,27,29)/b23-15+,26-25?. The number of carbonyl (C=O) groups is 2. The molecule has 0 saturated heterocycles. The molecule has 0 heterocycles. The highest BCUT2D eigenvalue weighted by atomic mass is 16.2. The first-order valence-electron chi connectivity index (χ1n) is 8.88. The Morgan fingerprint density at radius 1 is 0.793 bits per heavy atom. The van der Waals surface area contributed by atoms with Crippen LogP contribution in [0.3, 0.4) is 0 Å². The number of nitrogens with one attached hydrogen (secondary N) is 2. The van der Waals surface area contributed by atoms with Crippen molar-refractivity contribution in [2.24, 2.45) is 15.3 Å². The number of hydrazone groups is 1. The monoisotopic (exact) mass is 385 g/mol. The molecule has 2 amide bonds. The summed E-state index contributed by atoms with van der Waals surface area (Å²) in [5.41, 5.74) is 5.85. The topological polar surface area (TPSA) is 95.3 Å². The molecule has 7 heteroatoms. The van der Waals surface area contributed by atoms with Gasteiger partial charge in [0.2, 0.25) is 5.91 Å². The van der Waals surface area contributed by atoms with Crippen LogP contribution in [0, 0.1) is 0 Å². The normalized spacial score (nSPS) is 10.9. The van der Waals surface area contributed by atoms with Crippen LogP contribution in [-0.2, 0) is 4.79 Å². The van der Waals surface area contributed by atoms with Crippen LogP contribution >= 0.6 is 0 Å². The lowest BCUT2D eigenvalue weighted by atomic mass is 10.2. The molecule has 0 bridgehead atoms. The van der Waals surface area contributed by atoms with Crippen LogP contribution in [0.5, 0.6) is 0 Å². The van der Waals surface area contributed by atoms with Crippen LogP contribution < -0.4 is 10.7 Å². The summed E-state index contributed by atoms with van der Waals surface area (Å²) in [6, 6.07) is 23.3. The van der Waals surface area contributed by atoms with Crippen molar-refractivity contribution < 1.29 is 9.59 Å². The molecule has 0 fully saturated rings. The van der Waals surface area contributed by atoms with E-state index in [1.54, 1.807) is 30.5 Å². The number of rotatable bonds is 6. The minimum atomic E-state index is -0.344. The Bertz CT molecular complexity index is 1030. The summed E-state index contributed by atoms with van der Waals surface area (Å²) in [6.07, 6.45) is 1.54. The first-order chi connectivity index (χ1) is 14.1. The number of anilines is 1. The highest BCUT2D eigenvalue weighted by molar-refractivity contribution is 5.96. The zero-order chi connectivity index (χ0) is 20.5. The average Bonchev–Trinajstić information content (AvgIpc) is 2.74. The highest BCUT2D eigenvalue weighted by Gasteiger charge is 2.04. The van der Waals surface area contributed by atoms with Gasteiger partial charge in [0.1, 0.15) is 0 Å². The van der Waals surface area contributed by atoms with E-state index in [4.69, 9.17) is 0 Å². The number of hydrogen-bond donors (Lipinski definition) is 2. The van der Waals surface area contributed by atoms with Crippen molar-refractivity contribution in [1.82, 2.24) is 5.43 Å². The summed E-state index contributed by atoms with van der Waals surface area (Å²) < 4.78 is 0. The van der Waals surface area contributed by atoms with Gasteiger partial charge in [-0.3, -0.25) is 9.59 Å². The van der Waals surface area contributed by atoms with Gasteiger partial charge in [-0.25, -0.2) is 5.43 Å². The molecular formula is C22H19N5O2. The van der Waals surface area contributed by atoms with Crippen molar-refractivity contribution in [3.05, 3.63) is 90.0 Å². The smallest absolute Gasteiger partial charge is 0.271 e. The zero-order valence-corrected chi connectivity index (χ0v) is 15.7. The molecule has 0 aromatic heterocycles. The van der Waals surface area contributed by atoms with E-state index >= 15 is 0 Å². The molecule has 0 aliphatic heterocycles. The summed E-state index contributed by atoms with van der Waals surface area (Å²) in [6.45, 7) is 1.42. The molecule has 0 radical (unpaired) electrons. The van der Waals surface area contributed by atoms with Crippen LogP contribution in [0.4, 0.5) is 17.1 Å². The summed E-state index contributed by atoms with van der Waals surface area (Å²) in [5, 5.41) is 14.9. The largest absolute Gasteiger partial charge is 0.326 e. The molecule has 144 valence electrons. The third kappa shape index (κ3) is 6.21. The summed E-state index contributed by atoms with van der Waals surface area (Å²) in [7, 11) is 0. The predicted octanol–water partition coefficient (Wildman–Crippen LogP) is 4.82. The molecule has 0 atom stereocenters. The Labute approximate surface area is 168 Å². The molecular weight excluding hydrogens is 366 g/mol. The lowest BCUT2D eigenvalue weighted by Gasteiger charge is -2.03. The molecule has 0 unspecified atom stereocenters. The molecule has 0 saturated carbocycles. The fourth-order valence-corrected chi connectivity index (χ4v) is 2.38. The Hall–Kier alpha value is -4.13. The van der Waals surface area contributed by atoms with Crippen molar-refractivity contribution in [3.63, 3.8) is 0 Å². The molecule has 0 aliphatic carbocycles. The van der Waals surface area contributed by atoms with Crippen molar-refractivity contribution in [1.29, 1.82) is 0 Å². The molecule has 3 aromatic carbocycles. The molecule has 0 aliphatic rings. The number of hydrogen-bond acceptors (Lipinski definition) is 5. The first-order valence-corrected chi connectivity index (χ1v) is 8.88. The van der Waals surface area contributed by atoms with Crippen molar-refractivity contribution in [2.75, 3.05) is 5.32 Å². The maximum atomic E-state index is 12.1. The van der Waals surface area contributed by atoms with Gasteiger partial charge in [-0.2, -0.15) is 15.3 Å². The van der Waals surface area contributed by atoms with E-state index in [-0.39, 0.29) is 11.8 Å². The minimum Gasteiger partial charge on any atom is -0.326 e. The van der Waals surface area contributed by atoms with Gasteiger partial charge in [-0.05, 0) is 54.1 Å². The second-order valence-electron chi connectivity index (χ2n) is 6.08. The van der Waals surface area contributed by atoms with Crippen molar-refractivity contribution in [3.8, 4) is 0 Å². The maximum Gasteiger partial charge on any atom is 0.271 e. The van der Waals surface area contributed by atoms with Crippen LogP contribution in [-0.4, -0.2) is 18.0 Å². The van der Waals surface area contributed by atoms with Gasteiger partial charge in [0.05, 0.1) is 17.6 Å². The van der Waals surface area contributed by atoms with E-state index in [0.29, 0.717) is 16.9 Å². The Balaban J connectivity index is 1.54. The van der Waals surface area contributed by atoms with Gasteiger partial charge in [0.25, 0.3) is 5.91 Å². The molecule has 3 rings (SSSR count). The van der Waals surface area contributed by atoms with Gasteiger partial charge in [0.15, 0.2) is 0 Å². The average molecular weight is 385 g/mol. The van der Waals surface area contributed by atoms with Gasteiger partial charge < -0.3 is 5.32 Å². The first kappa shape index (κ1) is 19.6. The third-order valence-electron chi connectivity index (χ3n) is 3.78. The minimum absolute atomic E-state index is 0.167. The quantitative estimate of drug-likeness (QED) is 0.361.